The maximum Gasteiger partial charge on any atom is 0.399 e. The summed E-state index contributed by atoms with van der Waals surface area (Å²) >= 11 is 0. The number of carbonyl (C=O) groups excluding carboxylic acids is 2. The lowest BCUT2D eigenvalue weighted by atomic mass is 9.95. The Hall–Kier alpha value is -2.07. The second-order valence-corrected chi connectivity index (χ2v) is 7.78. The van der Waals surface area contributed by atoms with Gasteiger partial charge in [0.2, 0.25) is 0 Å². The topological polar surface area (TPSA) is 80.7 Å². The molecule has 2 atom stereocenters. The lowest BCUT2D eigenvalue weighted by molar-refractivity contribution is 0.0867. The van der Waals surface area contributed by atoms with Crippen LogP contribution in [-0.4, -0.2) is 22.8 Å². The number of hydrogen-bond acceptors (Lipinski definition) is 4. The van der Waals surface area contributed by atoms with E-state index in [2.05, 4.69) is 0 Å². The predicted molar refractivity (Wildman–Crippen MR) is 96.0 cm³/mol. The third-order valence-electron chi connectivity index (χ3n) is 3.87. The molecule has 2 aromatic rings. The minimum absolute atomic E-state index is 0.0988. The van der Waals surface area contributed by atoms with Crippen molar-refractivity contribution in [2.75, 3.05) is 6.61 Å². The Morgan fingerprint density at radius 2 is 1.76 bits per heavy atom. The van der Waals surface area contributed by atoms with Gasteiger partial charge in [-0.3, -0.25) is 14.2 Å². The van der Waals surface area contributed by atoms with Gasteiger partial charge in [-0.1, -0.05) is 61.0 Å². The summed E-state index contributed by atoms with van der Waals surface area (Å²) in [7, 11) is -4.50. The fourth-order valence-electron chi connectivity index (χ4n) is 2.45. The van der Waals surface area contributed by atoms with Crippen molar-refractivity contribution in [1.29, 1.82) is 0 Å². The summed E-state index contributed by atoms with van der Waals surface area (Å²) in [6.45, 7) is 5.07. The van der Waals surface area contributed by atoms with Crippen molar-refractivity contribution in [3.8, 4) is 0 Å². The van der Waals surface area contributed by atoms with Crippen molar-refractivity contribution in [2.24, 2.45) is 5.92 Å². The average molecular weight is 360 g/mol. The van der Waals surface area contributed by atoms with Gasteiger partial charge < -0.3 is 9.42 Å². The molecular weight excluding hydrogens is 339 g/mol. The molecule has 0 aromatic heterocycles. The highest BCUT2D eigenvalue weighted by Crippen LogP contribution is 2.45. The Bertz CT molecular complexity index is 829. The molecule has 0 aliphatic carbocycles. The van der Waals surface area contributed by atoms with E-state index in [1.165, 1.54) is 12.1 Å². The molecule has 0 bridgehead atoms. The number of rotatable bonds is 7. The average Bonchev–Trinajstić information content (AvgIpc) is 2.59. The van der Waals surface area contributed by atoms with Crippen LogP contribution in [0.3, 0.4) is 0 Å². The molecule has 5 nitrogen and oxygen atoms in total. The molecule has 132 valence electrons. The first kappa shape index (κ1) is 19.3. The minimum atomic E-state index is -4.50. The summed E-state index contributed by atoms with van der Waals surface area (Å²) < 4.78 is 17.1. The highest BCUT2D eigenvalue weighted by atomic mass is 31.2. The van der Waals surface area contributed by atoms with E-state index in [4.69, 9.17) is 4.52 Å². The molecule has 1 N–H and O–H groups in total. The largest absolute Gasteiger partial charge is 0.399 e. The molecular formula is C19H21O5P. The van der Waals surface area contributed by atoms with Crippen molar-refractivity contribution in [2.45, 2.75) is 20.8 Å². The standard InChI is InChI=1S/C19H21O5P/c1-13-9-10-17(14(2)11-13)18(20)15(3)12-24-25(22,23)19(21)16-7-5-4-6-8-16/h4-11,15H,12H2,1-3H3,(H,22,23). The Kier molecular flexibility index (Phi) is 6.07. The van der Waals surface area contributed by atoms with Crippen LogP contribution in [0.25, 0.3) is 0 Å². The molecule has 0 fully saturated rings. The molecule has 0 heterocycles. The molecule has 0 spiro atoms. The second kappa shape index (κ2) is 7.87. The van der Waals surface area contributed by atoms with Crippen LogP contribution < -0.4 is 0 Å². The SMILES string of the molecule is Cc1ccc(C(=O)C(C)COP(=O)(O)C(=O)c2ccccc2)c(C)c1. The van der Waals surface area contributed by atoms with Gasteiger partial charge in [0, 0.05) is 17.0 Å². The molecule has 0 radical (unpaired) electrons. The Morgan fingerprint density at radius 1 is 1.12 bits per heavy atom. The fourth-order valence-corrected chi connectivity index (χ4v) is 3.46. The van der Waals surface area contributed by atoms with Crippen LogP contribution in [0, 0.1) is 19.8 Å². The highest BCUT2D eigenvalue weighted by molar-refractivity contribution is 7.71. The van der Waals surface area contributed by atoms with Crippen molar-refractivity contribution in [3.63, 3.8) is 0 Å². The van der Waals surface area contributed by atoms with Gasteiger partial charge in [0.05, 0.1) is 6.61 Å². The van der Waals surface area contributed by atoms with Gasteiger partial charge in [-0.25, -0.2) is 0 Å². The molecule has 2 rings (SSSR count). The number of carbonyl (C=O) groups is 2. The van der Waals surface area contributed by atoms with Crippen molar-refractivity contribution < 1.29 is 23.6 Å². The van der Waals surface area contributed by atoms with Gasteiger partial charge >= 0.3 is 7.60 Å². The first-order valence-corrected chi connectivity index (χ1v) is 9.49. The Morgan fingerprint density at radius 3 is 2.36 bits per heavy atom. The molecule has 0 aliphatic heterocycles. The lowest BCUT2D eigenvalue weighted by Crippen LogP contribution is -2.19. The van der Waals surface area contributed by atoms with Crippen LogP contribution in [-0.2, 0) is 9.09 Å². The second-order valence-electron chi connectivity index (χ2n) is 6.07. The maximum absolute atomic E-state index is 12.5. The van der Waals surface area contributed by atoms with Gasteiger partial charge in [0.1, 0.15) is 0 Å². The quantitative estimate of drug-likeness (QED) is 0.592. The number of aryl methyl sites for hydroxylation is 2. The van der Waals surface area contributed by atoms with Crippen LogP contribution in [0.5, 0.6) is 0 Å². The van der Waals surface area contributed by atoms with Gasteiger partial charge in [0.25, 0.3) is 5.52 Å². The molecule has 6 heteroatoms. The van der Waals surface area contributed by atoms with Gasteiger partial charge in [-0.15, -0.1) is 0 Å². The zero-order chi connectivity index (χ0) is 18.6. The summed E-state index contributed by atoms with van der Waals surface area (Å²) in [6, 6.07) is 13.2. The minimum Gasteiger partial charge on any atom is -0.319 e. The summed E-state index contributed by atoms with van der Waals surface area (Å²) in [5.74, 6) is -0.838. The number of Topliss-reactive ketones (excluding diaryl/α,β-unsaturated/α-hetero) is 1. The van der Waals surface area contributed by atoms with Crippen LogP contribution in [0.2, 0.25) is 0 Å². The lowest BCUT2D eigenvalue weighted by Gasteiger charge is -2.16. The van der Waals surface area contributed by atoms with Gasteiger partial charge in [-0.05, 0) is 19.4 Å². The zero-order valence-corrected chi connectivity index (χ0v) is 15.3. The Labute approximate surface area is 147 Å². The predicted octanol–water partition coefficient (Wildman–Crippen LogP) is 4.16. The van der Waals surface area contributed by atoms with Crippen molar-refractivity contribution in [3.05, 3.63) is 70.8 Å². The smallest absolute Gasteiger partial charge is 0.319 e. The van der Waals surface area contributed by atoms with Crippen LogP contribution in [0.4, 0.5) is 0 Å². The monoisotopic (exact) mass is 360 g/mol. The van der Waals surface area contributed by atoms with Crippen LogP contribution in [0.15, 0.2) is 48.5 Å². The van der Waals surface area contributed by atoms with Crippen LogP contribution >= 0.6 is 7.60 Å². The molecule has 0 saturated heterocycles. The first-order chi connectivity index (χ1) is 11.7. The van der Waals surface area contributed by atoms with E-state index in [0.717, 1.165) is 11.1 Å². The molecule has 0 amide bonds. The third kappa shape index (κ3) is 4.73. The molecule has 0 saturated carbocycles. The van der Waals surface area contributed by atoms with Crippen molar-refractivity contribution in [1.82, 2.24) is 0 Å². The van der Waals surface area contributed by atoms with Crippen LogP contribution in [0.1, 0.15) is 38.8 Å². The van der Waals surface area contributed by atoms with E-state index < -0.39 is 19.0 Å². The molecule has 2 unspecified atom stereocenters. The molecule has 25 heavy (non-hydrogen) atoms. The Balaban J connectivity index is 2.05. The normalized spacial score (nSPS) is 14.6. The number of benzene rings is 2. The van der Waals surface area contributed by atoms with E-state index in [1.807, 2.05) is 26.0 Å². The fraction of sp³-hybridized carbons (Fsp3) is 0.263. The van der Waals surface area contributed by atoms with E-state index in [1.54, 1.807) is 31.2 Å². The van der Waals surface area contributed by atoms with E-state index in [0.29, 0.717) is 5.56 Å². The highest BCUT2D eigenvalue weighted by Gasteiger charge is 2.33. The zero-order valence-electron chi connectivity index (χ0n) is 14.4. The summed E-state index contributed by atoms with van der Waals surface area (Å²) in [6.07, 6.45) is 0. The summed E-state index contributed by atoms with van der Waals surface area (Å²) in [5, 5.41) is 0. The molecule has 0 aliphatic rings. The van der Waals surface area contributed by atoms with Gasteiger partial charge in [0.15, 0.2) is 5.78 Å². The van der Waals surface area contributed by atoms with E-state index >= 15 is 0 Å². The van der Waals surface area contributed by atoms with E-state index in [9.17, 15) is 19.0 Å². The number of hydrogen-bond donors (Lipinski definition) is 1. The maximum atomic E-state index is 12.5. The van der Waals surface area contributed by atoms with Gasteiger partial charge in [-0.2, -0.15) is 0 Å². The third-order valence-corrected chi connectivity index (χ3v) is 5.14. The summed E-state index contributed by atoms with van der Waals surface area (Å²) in [5.41, 5.74) is 1.56. The van der Waals surface area contributed by atoms with E-state index in [-0.39, 0.29) is 18.0 Å². The summed E-state index contributed by atoms with van der Waals surface area (Å²) in [4.78, 5) is 34.5. The molecule has 2 aromatic carbocycles. The van der Waals surface area contributed by atoms with Crippen molar-refractivity contribution >= 4 is 18.9 Å². The number of ketones is 1. The first-order valence-electron chi connectivity index (χ1n) is 7.91.